The van der Waals surface area contributed by atoms with Gasteiger partial charge in [-0.3, -0.25) is 0 Å². The average Bonchev–Trinajstić information content (AvgIpc) is 2.72. The Kier molecular flexibility index (Phi) is 5.35. The van der Waals surface area contributed by atoms with Crippen LogP contribution in [0, 0.1) is 5.82 Å². The van der Waals surface area contributed by atoms with E-state index in [1.54, 1.807) is 42.5 Å². The number of halogens is 2. The van der Waals surface area contributed by atoms with Gasteiger partial charge in [-0.2, -0.15) is 0 Å². The number of carbonyl (C=O) groups excluding carboxylic acids is 1. The maximum absolute atomic E-state index is 13.1. The lowest BCUT2D eigenvalue weighted by atomic mass is 10.2. The third-order valence-electron chi connectivity index (χ3n) is 4.10. The van der Waals surface area contributed by atoms with Crippen molar-refractivity contribution in [1.82, 2.24) is 9.97 Å². The number of fused-ring (bicyclic) bond motifs is 1. The first-order valence-corrected chi connectivity index (χ1v) is 9.47. The number of urea groups is 1. The number of anilines is 4. The molecule has 29 heavy (non-hydrogen) atoms. The molecule has 4 rings (SSSR count). The van der Waals surface area contributed by atoms with Crippen molar-refractivity contribution in [2.75, 3.05) is 16.0 Å². The van der Waals surface area contributed by atoms with E-state index in [0.29, 0.717) is 28.4 Å². The van der Waals surface area contributed by atoms with Crippen molar-refractivity contribution in [1.29, 1.82) is 0 Å². The van der Waals surface area contributed by atoms with Crippen molar-refractivity contribution in [3.63, 3.8) is 0 Å². The summed E-state index contributed by atoms with van der Waals surface area (Å²) in [4.78, 5) is 20.8. The Morgan fingerprint density at radius 2 is 1.48 bits per heavy atom. The second-order valence-electron chi connectivity index (χ2n) is 6.17. The summed E-state index contributed by atoms with van der Waals surface area (Å²) in [5.41, 5.74) is 2.67. The summed E-state index contributed by atoms with van der Waals surface area (Å²) < 4.78 is 14.1. The van der Waals surface area contributed by atoms with Crippen LogP contribution in [0.5, 0.6) is 0 Å². The van der Waals surface area contributed by atoms with Crippen LogP contribution in [0.1, 0.15) is 0 Å². The Morgan fingerprint density at radius 1 is 0.828 bits per heavy atom. The average molecular weight is 452 g/mol. The molecule has 0 saturated carbocycles. The largest absolute Gasteiger partial charge is 0.340 e. The number of nitrogens with zero attached hydrogens (tertiary/aromatic N) is 2. The van der Waals surface area contributed by atoms with Crippen molar-refractivity contribution < 1.29 is 9.18 Å². The molecule has 3 aromatic carbocycles. The third-order valence-corrected chi connectivity index (χ3v) is 4.63. The molecule has 3 N–H and O–H groups in total. The zero-order chi connectivity index (χ0) is 20.2. The van der Waals surface area contributed by atoms with Crippen molar-refractivity contribution >= 4 is 55.7 Å². The molecule has 2 amide bonds. The summed E-state index contributed by atoms with van der Waals surface area (Å²) >= 11 is 3.36. The summed E-state index contributed by atoms with van der Waals surface area (Å²) in [5.74, 6) is 0.241. The molecule has 6 nitrogen and oxygen atoms in total. The zero-order valence-corrected chi connectivity index (χ0v) is 16.6. The number of benzene rings is 3. The third kappa shape index (κ3) is 4.67. The Bertz CT molecular complexity index is 1170. The minimum Gasteiger partial charge on any atom is -0.340 e. The summed E-state index contributed by atoms with van der Waals surface area (Å²) in [6.07, 6.45) is 1.45. The molecule has 0 saturated heterocycles. The van der Waals surface area contributed by atoms with Crippen molar-refractivity contribution in [3.05, 3.63) is 83.3 Å². The fourth-order valence-electron chi connectivity index (χ4n) is 2.73. The molecule has 144 valence electrons. The van der Waals surface area contributed by atoms with Crippen molar-refractivity contribution in [3.8, 4) is 0 Å². The van der Waals surface area contributed by atoms with Gasteiger partial charge in [0.1, 0.15) is 18.0 Å². The Hall–Kier alpha value is -3.52. The number of amides is 2. The standard InChI is InChI=1S/C21H15BrFN5O/c22-13-1-5-16(6-2-13)27-21(29)28-17-9-10-19-18(11-17)20(25-12-24-19)26-15-7-3-14(23)4-8-15/h1-12H,(H,24,25,26)(H2,27,28,29). The molecule has 8 heteroatoms. The van der Waals surface area contributed by atoms with E-state index in [9.17, 15) is 9.18 Å². The lowest BCUT2D eigenvalue weighted by Crippen LogP contribution is -2.19. The molecular weight excluding hydrogens is 437 g/mol. The van der Waals surface area contributed by atoms with Gasteiger partial charge in [0.25, 0.3) is 0 Å². The van der Waals surface area contributed by atoms with E-state index < -0.39 is 0 Å². The van der Waals surface area contributed by atoms with Gasteiger partial charge in [0.2, 0.25) is 0 Å². The molecule has 0 aliphatic carbocycles. The van der Waals surface area contributed by atoms with Gasteiger partial charge >= 0.3 is 6.03 Å². The fourth-order valence-corrected chi connectivity index (χ4v) is 2.99. The van der Waals surface area contributed by atoms with Crippen LogP contribution in [0.15, 0.2) is 77.5 Å². The number of rotatable bonds is 4. The lowest BCUT2D eigenvalue weighted by molar-refractivity contribution is 0.262. The molecule has 0 aliphatic rings. The topological polar surface area (TPSA) is 78.9 Å². The Morgan fingerprint density at radius 3 is 2.24 bits per heavy atom. The van der Waals surface area contributed by atoms with Crippen molar-refractivity contribution in [2.45, 2.75) is 0 Å². The van der Waals surface area contributed by atoms with Gasteiger partial charge in [-0.05, 0) is 66.7 Å². The molecule has 1 aromatic heterocycles. The van der Waals surface area contributed by atoms with Crippen LogP contribution < -0.4 is 16.0 Å². The normalized spacial score (nSPS) is 10.6. The van der Waals surface area contributed by atoms with Gasteiger partial charge in [-0.25, -0.2) is 19.2 Å². The Labute approximate surface area is 174 Å². The van der Waals surface area contributed by atoms with Gasteiger partial charge in [0, 0.05) is 26.9 Å². The fraction of sp³-hybridized carbons (Fsp3) is 0. The van der Waals surface area contributed by atoms with Gasteiger partial charge in [-0.1, -0.05) is 15.9 Å². The molecule has 4 aromatic rings. The van der Waals surface area contributed by atoms with Gasteiger partial charge in [0.05, 0.1) is 5.52 Å². The molecule has 0 fully saturated rings. The SMILES string of the molecule is O=C(Nc1ccc(Br)cc1)Nc1ccc2ncnc(Nc3ccc(F)cc3)c2c1. The predicted octanol–water partition coefficient (Wildman–Crippen LogP) is 5.92. The van der Waals surface area contributed by atoms with Crippen LogP contribution in [0.4, 0.5) is 32.1 Å². The first-order chi connectivity index (χ1) is 14.1. The number of carbonyl (C=O) groups is 1. The monoisotopic (exact) mass is 451 g/mol. The maximum atomic E-state index is 13.1. The first-order valence-electron chi connectivity index (χ1n) is 8.68. The smallest absolute Gasteiger partial charge is 0.323 e. The second-order valence-corrected chi connectivity index (χ2v) is 7.09. The number of nitrogens with one attached hydrogen (secondary N) is 3. The highest BCUT2D eigenvalue weighted by molar-refractivity contribution is 9.10. The predicted molar refractivity (Wildman–Crippen MR) is 116 cm³/mol. The Balaban J connectivity index is 1.55. The van der Waals surface area contributed by atoms with E-state index in [-0.39, 0.29) is 11.8 Å². The van der Waals surface area contributed by atoms with E-state index in [1.807, 2.05) is 12.1 Å². The summed E-state index contributed by atoms with van der Waals surface area (Å²) in [6.45, 7) is 0. The molecule has 1 heterocycles. The van der Waals surface area contributed by atoms with Gasteiger partial charge < -0.3 is 16.0 Å². The second kappa shape index (κ2) is 8.24. The first kappa shape index (κ1) is 18.8. The number of hydrogen-bond acceptors (Lipinski definition) is 4. The van der Waals surface area contributed by atoms with Crippen LogP contribution in [-0.2, 0) is 0 Å². The quantitative estimate of drug-likeness (QED) is 0.359. The van der Waals surface area contributed by atoms with Crippen LogP contribution >= 0.6 is 15.9 Å². The molecule has 0 aliphatic heterocycles. The summed E-state index contributed by atoms with van der Waals surface area (Å²) in [5, 5.41) is 9.44. The van der Waals surface area contributed by atoms with E-state index >= 15 is 0 Å². The highest BCUT2D eigenvalue weighted by Gasteiger charge is 2.08. The van der Waals surface area contributed by atoms with E-state index in [0.717, 1.165) is 9.86 Å². The van der Waals surface area contributed by atoms with E-state index in [4.69, 9.17) is 0 Å². The summed E-state index contributed by atoms with van der Waals surface area (Å²) in [7, 11) is 0. The molecular formula is C21H15BrFN5O. The van der Waals surface area contributed by atoms with Crippen LogP contribution in [0.3, 0.4) is 0 Å². The molecule has 0 bridgehead atoms. The summed E-state index contributed by atoms with van der Waals surface area (Å²) in [6, 6.07) is 18.2. The molecule has 0 spiro atoms. The molecule has 0 radical (unpaired) electrons. The van der Waals surface area contributed by atoms with Crippen LogP contribution in [0.25, 0.3) is 10.9 Å². The van der Waals surface area contributed by atoms with Crippen LogP contribution in [0.2, 0.25) is 0 Å². The highest BCUT2D eigenvalue weighted by atomic mass is 79.9. The van der Waals surface area contributed by atoms with Crippen molar-refractivity contribution in [2.24, 2.45) is 0 Å². The minimum absolute atomic E-state index is 0.314. The highest BCUT2D eigenvalue weighted by Crippen LogP contribution is 2.26. The van der Waals surface area contributed by atoms with Gasteiger partial charge in [-0.15, -0.1) is 0 Å². The maximum Gasteiger partial charge on any atom is 0.323 e. The zero-order valence-electron chi connectivity index (χ0n) is 15.0. The lowest BCUT2D eigenvalue weighted by Gasteiger charge is -2.11. The molecule has 0 atom stereocenters. The molecule has 0 unspecified atom stereocenters. The number of aromatic nitrogens is 2. The van der Waals surface area contributed by atoms with Gasteiger partial charge in [0.15, 0.2) is 0 Å². The van der Waals surface area contributed by atoms with E-state index in [1.165, 1.54) is 18.5 Å². The van der Waals surface area contributed by atoms with E-state index in [2.05, 4.69) is 41.8 Å². The minimum atomic E-state index is -0.364. The van der Waals surface area contributed by atoms with Crippen LogP contribution in [-0.4, -0.2) is 16.0 Å². The number of hydrogen-bond donors (Lipinski definition) is 3.